The van der Waals surface area contributed by atoms with Crippen LogP contribution < -0.4 is 26.1 Å². The molecule has 0 saturated carbocycles. The van der Waals surface area contributed by atoms with Crippen molar-refractivity contribution in [1.82, 2.24) is 14.9 Å². The Bertz CT molecular complexity index is 1170. The SMILES string of the molecule is COc1ccc(Br)cc1/C=N/Nc1nnc(SCC(=O)Nc2ccc(OC(F)(F)F)cc2)n1N. The first-order valence-corrected chi connectivity index (χ1v) is 11.0. The second-order valence-electron chi connectivity index (χ2n) is 6.34. The van der Waals surface area contributed by atoms with E-state index in [1.807, 2.05) is 12.1 Å². The van der Waals surface area contributed by atoms with E-state index < -0.39 is 18.0 Å². The van der Waals surface area contributed by atoms with E-state index >= 15 is 0 Å². The van der Waals surface area contributed by atoms with Gasteiger partial charge in [-0.25, -0.2) is 10.1 Å². The van der Waals surface area contributed by atoms with Crippen molar-refractivity contribution in [3.05, 3.63) is 52.5 Å². The van der Waals surface area contributed by atoms with Crippen molar-refractivity contribution >= 4 is 51.4 Å². The number of carbonyl (C=O) groups excluding carboxylic acids is 1. The standard InChI is InChI=1S/C19H17BrF3N7O3S/c1-32-15-7-2-12(20)8-11(15)9-25-27-17-28-29-18(30(17)24)34-10-16(31)26-13-3-5-14(6-4-13)33-19(21,22)23/h2-9H,10,24H2,1H3,(H,26,31)(H,27,28)/b25-9+. The number of alkyl halides is 3. The van der Waals surface area contributed by atoms with Crippen molar-refractivity contribution in [1.29, 1.82) is 0 Å². The van der Waals surface area contributed by atoms with Crippen LogP contribution in [0.2, 0.25) is 0 Å². The highest BCUT2D eigenvalue weighted by Gasteiger charge is 2.31. The maximum absolute atomic E-state index is 12.2. The Hall–Kier alpha value is -3.46. The summed E-state index contributed by atoms with van der Waals surface area (Å²) in [4.78, 5) is 12.1. The molecule has 0 radical (unpaired) electrons. The van der Waals surface area contributed by atoms with Crippen molar-refractivity contribution in [2.45, 2.75) is 11.5 Å². The Morgan fingerprint density at radius 2 is 2.00 bits per heavy atom. The molecular formula is C19H17BrF3N7O3S. The summed E-state index contributed by atoms with van der Waals surface area (Å²) in [6.07, 6.45) is -3.27. The number of carbonyl (C=O) groups is 1. The molecule has 34 heavy (non-hydrogen) atoms. The fraction of sp³-hybridized carbons (Fsp3) is 0.158. The van der Waals surface area contributed by atoms with Gasteiger partial charge in [-0.3, -0.25) is 4.79 Å². The van der Waals surface area contributed by atoms with E-state index in [9.17, 15) is 18.0 Å². The number of anilines is 2. The van der Waals surface area contributed by atoms with Crippen LogP contribution in [0.5, 0.6) is 11.5 Å². The summed E-state index contributed by atoms with van der Waals surface area (Å²) in [5.74, 6) is 5.79. The van der Waals surface area contributed by atoms with Crippen LogP contribution in [0, 0.1) is 0 Å². The predicted molar refractivity (Wildman–Crippen MR) is 125 cm³/mol. The zero-order chi connectivity index (χ0) is 24.7. The quantitative estimate of drug-likeness (QED) is 0.156. The van der Waals surface area contributed by atoms with Gasteiger partial charge in [-0.15, -0.1) is 23.4 Å². The van der Waals surface area contributed by atoms with E-state index in [2.05, 4.69) is 46.7 Å². The lowest BCUT2D eigenvalue weighted by atomic mass is 10.2. The van der Waals surface area contributed by atoms with Gasteiger partial charge in [0, 0.05) is 15.7 Å². The maximum Gasteiger partial charge on any atom is 0.573 e. The number of amides is 1. The van der Waals surface area contributed by atoms with Crippen molar-refractivity contribution in [2.24, 2.45) is 5.10 Å². The lowest BCUT2D eigenvalue weighted by molar-refractivity contribution is -0.274. The number of aromatic nitrogens is 3. The molecule has 2 aromatic carbocycles. The number of nitrogens with two attached hydrogens (primary N) is 1. The predicted octanol–water partition coefficient (Wildman–Crippen LogP) is 3.84. The fourth-order valence-electron chi connectivity index (χ4n) is 2.48. The van der Waals surface area contributed by atoms with Crippen LogP contribution in [-0.4, -0.2) is 46.2 Å². The number of ether oxygens (including phenoxy) is 2. The van der Waals surface area contributed by atoms with Crippen LogP contribution in [-0.2, 0) is 4.79 Å². The van der Waals surface area contributed by atoms with Crippen LogP contribution in [0.3, 0.4) is 0 Å². The van der Waals surface area contributed by atoms with Gasteiger partial charge in [0.15, 0.2) is 0 Å². The van der Waals surface area contributed by atoms with Crippen molar-refractivity contribution in [3.63, 3.8) is 0 Å². The van der Waals surface area contributed by atoms with Gasteiger partial charge in [0.2, 0.25) is 11.1 Å². The molecule has 0 unspecified atom stereocenters. The number of nitrogens with one attached hydrogen (secondary N) is 2. The molecule has 3 rings (SSSR count). The molecule has 0 saturated heterocycles. The highest BCUT2D eigenvalue weighted by Crippen LogP contribution is 2.24. The number of hydrazone groups is 1. The van der Waals surface area contributed by atoms with E-state index in [0.29, 0.717) is 17.0 Å². The molecule has 15 heteroatoms. The molecule has 1 amide bonds. The van der Waals surface area contributed by atoms with E-state index in [-0.39, 0.29) is 16.9 Å². The van der Waals surface area contributed by atoms with Crippen LogP contribution >= 0.6 is 27.7 Å². The number of rotatable bonds is 9. The molecule has 10 nitrogen and oxygen atoms in total. The van der Waals surface area contributed by atoms with Gasteiger partial charge in [-0.05, 0) is 42.5 Å². The number of nitrogen functional groups attached to an aromatic ring is 1. The lowest BCUT2D eigenvalue weighted by Crippen LogP contribution is -2.18. The van der Waals surface area contributed by atoms with Gasteiger partial charge >= 0.3 is 6.36 Å². The van der Waals surface area contributed by atoms with Crippen molar-refractivity contribution in [2.75, 3.05) is 29.4 Å². The molecular weight excluding hydrogens is 543 g/mol. The molecule has 1 aromatic heterocycles. The second-order valence-corrected chi connectivity index (χ2v) is 8.20. The minimum Gasteiger partial charge on any atom is -0.496 e. The van der Waals surface area contributed by atoms with Gasteiger partial charge in [0.25, 0.3) is 5.95 Å². The monoisotopic (exact) mass is 559 g/mol. The first kappa shape index (κ1) is 25.2. The summed E-state index contributed by atoms with van der Waals surface area (Å²) in [5, 5.41) is 14.6. The smallest absolute Gasteiger partial charge is 0.496 e. The molecule has 0 bridgehead atoms. The normalized spacial score (nSPS) is 11.4. The minimum absolute atomic E-state index is 0.0748. The third-order valence-corrected chi connectivity index (χ3v) is 5.36. The summed E-state index contributed by atoms with van der Waals surface area (Å²) in [7, 11) is 1.54. The average Bonchev–Trinajstić information content (AvgIpc) is 3.12. The zero-order valence-electron chi connectivity index (χ0n) is 17.3. The molecule has 0 aliphatic carbocycles. The Kier molecular flexibility index (Phi) is 8.22. The van der Waals surface area contributed by atoms with Gasteiger partial charge in [0.1, 0.15) is 11.5 Å². The highest BCUT2D eigenvalue weighted by molar-refractivity contribution is 9.10. The Labute approximate surface area is 203 Å². The Morgan fingerprint density at radius 3 is 2.68 bits per heavy atom. The third-order valence-electron chi connectivity index (χ3n) is 3.93. The van der Waals surface area contributed by atoms with Crippen molar-refractivity contribution in [3.8, 4) is 11.5 Å². The van der Waals surface area contributed by atoms with E-state index in [1.54, 1.807) is 13.2 Å². The zero-order valence-corrected chi connectivity index (χ0v) is 19.7. The first-order chi connectivity index (χ1) is 16.1. The maximum atomic E-state index is 12.2. The largest absolute Gasteiger partial charge is 0.573 e. The van der Waals surface area contributed by atoms with Gasteiger partial charge in [0.05, 0.1) is 19.1 Å². The molecule has 0 aliphatic rings. The molecule has 4 N–H and O–H groups in total. The molecule has 0 atom stereocenters. The number of thioether (sulfide) groups is 1. The molecule has 3 aromatic rings. The summed E-state index contributed by atoms with van der Waals surface area (Å²) in [6.45, 7) is 0. The average molecular weight is 560 g/mol. The van der Waals surface area contributed by atoms with Gasteiger partial charge in [-0.1, -0.05) is 27.7 Å². The number of hydrogen-bond acceptors (Lipinski definition) is 9. The number of hydrogen-bond donors (Lipinski definition) is 3. The number of halogens is 4. The van der Waals surface area contributed by atoms with E-state index in [0.717, 1.165) is 33.0 Å². The summed E-state index contributed by atoms with van der Waals surface area (Å²) < 4.78 is 47.6. The Morgan fingerprint density at radius 1 is 1.26 bits per heavy atom. The molecule has 1 heterocycles. The second kappa shape index (κ2) is 11.1. The molecule has 0 aliphatic heterocycles. The number of benzene rings is 2. The van der Waals surface area contributed by atoms with Crippen molar-refractivity contribution < 1.29 is 27.4 Å². The first-order valence-electron chi connectivity index (χ1n) is 9.26. The number of methoxy groups -OCH3 is 1. The summed E-state index contributed by atoms with van der Waals surface area (Å²) >= 11 is 4.38. The fourth-order valence-corrected chi connectivity index (χ4v) is 3.52. The summed E-state index contributed by atoms with van der Waals surface area (Å²) in [5.41, 5.74) is 3.66. The highest BCUT2D eigenvalue weighted by atomic mass is 79.9. The molecule has 0 fully saturated rings. The topological polar surface area (TPSA) is 129 Å². The summed E-state index contributed by atoms with van der Waals surface area (Å²) in [6, 6.07) is 10.2. The van der Waals surface area contributed by atoms with Crippen LogP contribution in [0.25, 0.3) is 0 Å². The van der Waals surface area contributed by atoms with Crippen LogP contribution in [0.4, 0.5) is 24.8 Å². The molecule has 180 valence electrons. The third kappa shape index (κ3) is 7.28. The van der Waals surface area contributed by atoms with Crippen LogP contribution in [0.15, 0.2) is 57.2 Å². The lowest BCUT2D eigenvalue weighted by Gasteiger charge is -2.10. The van der Waals surface area contributed by atoms with E-state index in [1.165, 1.54) is 18.3 Å². The minimum atomic E-state index is -4.79. The number of nitrogens with zero attached hydrogens (tertiary/aromatic N) is 4. The molecule has 0 spiro atoms. The Balaban J connectivity index is 1.52. The van der Waals surface area contributed by atoms with Gasteiger partial charge in [-0.2, -0.15) is 5.10 Å². The van der Waals surface area contributed by atoms with Gasteiger partial charge < -0.3 is 20.6 Å². The van der Waals surface area contributed by atoms with Crippen LogP contribution in [0.1, 0.15) is 5.56 Å². The van der Waals surface area contributed by atoms with E-state index in [4.69, 9.17) is 10.6 Å².